The molecule has 3 N–H and O–H groups in total. The van der Waals surface area contributed by atoms with Gasteiger partial charge in [0.1, 0.15) is 5.75 Å². The highest BCUT2D eigenvalue weighted by Crippen LogP contribution is 2.41. The van der Waals surface area contributed by atoms with Gasteiger partial charge < -0.3 is 20.6 Å². The summed E-state index contributed by atoms with van der Waals surface area (Å²) in [4.78, 5) is 5.68. The van der Waals surface area contributed by atoms with Gasteiger partial charge in [0, 0.05) is 42.1 Å². The van der Waals surface area contributed by atoms with Crippen LogP contribution < -0.4 is 25.5 Å². The Morgan fingerprint density at radius 3 is 2.74 bits per heavy atom. The number of benzene rings is 1. The van der Waals surface area contributed by atoms with Gasteiger partial charge in [-0.3, -0.25) is 4.90 Å². The average molecular weight is 456 g/mol. The molecule has 7 nitrogen and oxygen atoms in total. The molecule has 166 valence electrons. The Labute approximate surface area is 182 Å². The summed E-state index contributed by atoms with van der Waals surface area (Å²) in [6.45, 7) is 5.32. The highest BCUT2D eigenvalue weighted by atomic mass is 35.5. The van der Waals surface area contributed by atoms with Crippen LogP contribution in [0.15, 0.2) is 47.8 Å². The molecule has 31 heavy (non-hydrogen) atoms. The van der Waals surface area contributed by atoms with Gasteiger partial charge in [0.25, 0.3) is 0 Å². The number of hydrogen-bond donors (Lipinski definition) is 2. The van der Waals surface area contributed by atoms with Gasteiger partial charge in [-0.1, -0.05) is 25.1 Å². The second-order valence-corrected chi connectivity index (χ2v) is 7.26. The molecule has 1 aliphatic heterocycles. The van der Waals surface area contributed by atoms with E-state index < -0.39 is 12.8 Å². The predicted octanol–water partition coefficient (Wildman–Crippen LogP) is 4.39. The molecule has 1 aliphatic rings. The van der Waals surface area contributed by atoms with Crippen LogP contribution in [-0.2, 0) is 0 Å². The molecule has 0 spiro atoms. The van der Waals surface area contributed by atoms with Crippen molar-refractivity contribution in [1.29, 1.82) is 0 Å². The van der Waals surface area contributed by atoms with Gasteiger partial charge in [-0.2, -0.15) is 18.3 Å². The first-order valence-electron chi connectivity index (χ1n) is 9.18. The van der Waals surface area contributed by atoms with Crippen molar-refractivity contribution in [2.24, 2.45) is 16.9 Å². The van der Waals surface area contributed by atoms with Crippen molar-refractivity contribution in [2.45, 2.75) is 13.1 Å². The van der Waals surface area contributed by atoms with Crippen LogP contribution in [0.4, 0.5) is 24.5 Å². The number of rotatable bonds is 4. The lowest BCUT2D eigenvalue weighted by molar-refractivity contribution is -0.154. The monoisotopic (exact) mass is 455 g/mol. The summed E-state index contributed by atoms with van der Waals surface area (Å²) < 4.78 is 47.1. The molecule has 3 rings (SSSR count). The van der Waals surface area contributed by atoms with E-state index in [-0.39, 0.29) is 11.8 Å². The van der Waals surface area contributed by atoms with Crippen molar-refractivity contribution in [2.75, 3.05) is 30.5 Å². The Kier molecular flexibility index (Phi) is 6.49. The van der Waals surface area contributed by atoms with E-state index in [0.29, 0.717) is 40.1 Å². The normalized spacial score (nSPS) is 17.0. The lowest BCUT2D eigenvalue weighted by Crippen LogP contribution is -2.34. The molecule has 1 atom stereocenters. The molecular formula is C20H21ClF3N5O2. The van der Waals surface area contributed by atoms with Gasteiger partial charge in [-0.25, -0.2) is 4.98 Å². The minimum atomic E-state index is -4.46. The van der Waals surface area contributed by atoms with Crippen LogP contribution in [0.3, 0.4) is 0 Å². The summed E-state index contributed by atoms with van der Waals surface area (Å²) >= 11 is 6.28. The Morgan fingerprint density at radius 1 is 1.42 bits per heavy atom. The molecule has 0 saturated heterocycles. The van der Waals surface area contributed by atoms with Crippen molar-refractivity contribution >= 4 is 28.8 Å². The zero-order valence-corrected chi connectivity index (χ0v) is 17.6. The number of fused-ring (bicyclic) bond motifs is 1. The van der Waals surface area contributed by atoms with Gasteiger partial charge >= 0.3 is 6.18 Å². The van der Waals surface area contributed by atoms with E-state index >= 15 is 0 Å². The third-order valence-electron chi connectivity index (χ3n) is 4.68. The van der Waals surface area contributed by atoms with E-state index in [1.807, 2.05) is 6.92 Å². The zero-order chi connectivity index (χ0) is 22.8. The number of hydrazone groups is 1. The number of nitrogens with zero attached hydrogens (tertiary/aromatic N) is 3. The fourth-order valence-electron chi connectivity index (χ4n) is 3.05. The van der Waals surface area contributed by atoms with Crippen LogP contribution in [0.2, 0.25) is 5.02 Å². The molecule has 0 fully saturated rings. The SMILES string of the molecule is C=C1C(C)CNc2cc(Cl)c(OC)cc2N1/C(=N\N)c1ccc(OCC(F)(F)F)nc1. The minimum Gasteiger partial charge on any atom is -0.495 e. The molecule has 0 radical (unpaired) electrons. The summed E-state index contributed by atoms with van der Waals surface area (Å²) in [7, 11) is 1.50. The van der Waals surface area contributed by atoms with E-state index in [9.17, 15) is 13.2 Å². The van der Waals surface area contributed by atoms with Crippen molar-refractivity contribution in [3.8, 4) is 11.6 Å². The Bertz CT molecular complexity index is 996. The van der Waals surface area contributed by atoms with Crippen LogP contribution in [0, 0.1) is 5.92 Å². The van der Waals surface area contributed by atoms with Crippen LogP contribution >= 0.6 is 11.6 Å². The third-order valence-corrected chi connectivity index (χ3v) is 4.97. The first-order valence-corrected chi connectivity index (χ1v) is 9.56. The largest absolute Gasteiger partial charge is 0.495 e. The van der Waals surface area contributed by atoms with Gasteiger partial charge in [0.15, 0.2) is 12.4 Å². The molecule has 0 saturated carbocycles. The second kappa shape index (κ2) is 8.93. The topological polar surface area (TPSA) is 85.0 Å². The molecule has 1 aromatic heterocycles. The first kappa shape index (κ1) is 22.5. The number of hydrogen-bond acceptors (Lipinski definition) is 6. The number of nitrogens with two attached hydrogens (primary N) is 1. The highest BCUT2D eigenvalue weighted by Gasteiger charge is 2.30. The number of aromatic nitrogens is 1. The number of ether oxygens (including phenoxy) is 2. The van der Waals surface area contributed by atoms with Crippen LogP contribution in [-0.4, -0.2) is 37.3 Å². The van der Waals surface area contributed by atoms with Gasteiger partial charge in [-0.05, 0) is 12.1 Å². The molecule has 0 amide bonds. The van der Waals surface area contributed by atoms with Crippen molar-refractivity contribution in [3.05, 3.63) is 53.3 Å². The standard InChI is InChI=1S/C20H21ClF3N5O2/c1-11-8-26-15-6-14(21)17(30-3)7-16(15)29(12(11)2)19(28-25)13-4-5-18(27-9-13)31-10-20(22,23)24/h4-7,9,11,26H,2,8,10,25H2,1,3H3/b28-19-. The van der Waals surface area contributed by atoms with Gasteiger partial charge in [0.05, 0.1) is 23.5 Å². The van der Waals surface area contributed by atoms with Crippen molar-refractivity contribution in [3.63, 3.8) is 0 Å². The molecule has 1 aromatic carbocycles. The number of methoxy groups -OCH3 is 1. The molecule has 0 bridgehead atoms. The summed E-state index contributed by atoms with van der Waals surface area (Å²) in [6, 6.07) is 6.30. The van der Waals surface area contributed by atoms with E-state index in [0.717, 1.165) is 5.69 Å². The first-order chi connectivity index (χ1) is 14.6. The second-order valence-electron chi connectivity index (χ2n) is 6.85. The molecular weight excluding hydrogens is 435 g/mol. The number of nitrogens with one attached hydrogen (secondary N) is 1. The van der Waals surface area contributed by atoms with Gasteiger partial charge in [0.2, 0.25) is 5.88 Å². The third kappa shape index (κ3) is 4.96. The molecule has 2 aromatic rings. The Morgan fingerprint density at radius 2 is 2.16 bits per heavy atom. The maximum Gasteiger partial charge on any atom is 0.422 e. The van der Waals surface area contributed by atoms with Crippen LogP contribution in [0.1, 0.15) is 12.5 Å². The summed E-state index contributed by atoms with van der Waals surface area (Å²) in [5.41, 5.74) is 2.52. The Hall–Kier alpha value is -3.14. The number of pyridine rings is 1. The van der Waals surface area contributed by atoms with E-state index in [2.05, 4.69) is 26.7 Å². The number of alkyl halides is 3. The van der Waals surface area contributed by atoms with Crippen molar-refractivity contribution in [1.82, 2.24) is 4.98 Å². The minimum absolute atomic E-state index is 0.00345. The average Bonchev–Trinajstić information content (AvgIpc) is 2.84. The molecule has 0 aliphatic carbocycles. The maximum atomic E-state index is 12.4. The number of halogens is 4. The Balaban J connectivity index is 2.01. The van der Waals surface area contributed by atoms with Crippen molar-refractivity contribution < 1.29 is 22.6 Å². The molecule has 11 heteroatoms. The summed E-state index contributed by atoms with van der Waals surface area (Å²) in [6.07, 6.45) is -3.12. The fourth-order valence-corrected chi connectivity index (χ4v) is 3.29. The van der Waals surface area contributed by atoms with Gasteiger partial charge in [-0.15, -0.1) is 0 Å². The predicted molar refractivity (Wildman–Crippen MR) is 114 cm³/mol. The smallest absolute Gasteiger partial charge is 0.422 e. The van der Waals surface area contributed by atoms with E-state index in [1.165, 1.54) is 25.4 Å². The zero-order valence-electron chi connectivity index (χ0n) is 16.8. The lowest BCUT2D eigenvalue weighted by atomic mass is 10.1. The highest BCUT2D eigenvalue weighted by molar-refractivity contribution is 6.32. The van der Waals surface area contributed by atoms with Crippen LogP contribution in [0.25, 0.3) is 0 Å². The summed E-state index contributed by atoms with van der Waals surface area (Å²) in [5.74, 6) is 6.29. The van der Waals surface area contributed by atoms with E-state index in [1.54, 1.807) is 17.0 Å². The molecule has 2 heterocycles. The maximum absolute atomic E-state index is 12.4. The number of amidine groups is 1. The summed E-state index contributed by atoms with van der Waals surface area (Å²) in [5, 5.41) is 7.66. The lowest BCUT2D eigenvalue weighted by Gasteiger charge is -2.29. The van der Waals surface area contributed by atoms with E-state index in [4.69, 9.17) is 22.2 Å². The quantitative estimate of drug-likeness (QED) is 0.308. The number of anilines is 2. The fraction of sp³-hybridized carbons (Fsp3) is 0.300. The molecule has 1 unspecified atom stereocenters. The van der Waals surface area contributed by atoms with Crippen LogP contribution in [0.5, 0.6) is 11.6 Å².